The van der Waals surface area contributed by atoms with Crippen LogP contribution in [-0.4, -0.2) is 33.5 Å². The van der Waals surface area contributed by atoms with Crippen LogP contribution in [0.2, 0.25) is 5.02 Å². The minimum atomic E-state index is -0.315. The number of carbonyl (C=O) groups is 1. The zero-order chi connectivity index (χ0) is 23.3. The van der Waals surface area contributed by atoms with Crippen molar-refractivity contribution in [2.24, 2.45) is 0 Å². The summed E-state index contributed by atoms with van der Waals surface area (Å²) in [4.78, 5) is 12.4. The van der Waals surface area contributed by atoms with Gasteiger partial charge in [0.15, 0.2) is 17.1 Å². The summed E-state index contributed by atoms with van der Waals surface area (Å²) in [6.07, 6.45) is -0.315. The molecule has 0 saturated carbocycles. The Labute approximate surface area is 197 Å². The van der Waals surface area contributed by atoms with E-state index in [4.69, 9.17) is 21.1 Å². The highest BCUT2D eigenvalue weighted by Gasteiger charge is 2.20. The number of anilines is 1. The van der Waals surface area contributed by atoms with E-state index < -0.39 is 0 Å². The van der Waals surface area contributed by atoms with Crippen molar-refractivity contribution in [3.8, 4) is 11.5 Å². The minimum absolute atomic E-state index is 0.121. The lowest BCUT2D eigenvalue weighted by atomic mass is 10.1. The molecule has 0 aliphatic heterocycles. The van der Waals surface area contributed by atoms with E-state index in [0.29, 0.717) is 23.2 Å². The summed E-state index contributed by atoms with van der Waals surface area (Å²) in [6.45, 7) is 8.51. The van der Waals surface area contributed by atoms with Crippen LogP contribution < -0.4 is 14.8 Å². The van der Waals surface area contributed by atoms with Gasteiger partial charge in [0.05, 0.1) is 12.9 Å². The van der Waals surface area contributed by atoms with Gasteiger partial charge in [-0.05, 0) is 75.2 Å². The number of hydrogen-bond donors (Lipinski definition) is 1. The number of methoxy groups -OCH3 is 1. The molecular formula is C23H27ClN4O3S. The van der Waals surface area contributed by atoms with Crippen molar-refractivity contribution in [3.05, 3.63) is 58.4 Å². The number of hydrogen-bond acceptors (Lipinski definition) is 6. The Morgan fingerprint density at radius 2 is 1.81 bits per heavy atom. The lowest BCUT2D eigenvalue weighted by Gasteiger charge is -2.17. The third-order valence-corrected chi connectivity index (χ3v) is 6.42. The van der Waals surface area contributed by atoms with Crippen LogP contribution >= 0.6 is 23.4 Å². The molecule has 7 nitrogen and oxygen atoms in total. The second-order valence-electron chi connectivity index (χ2n) is 7.28. The average molecular weight is 475 g/mol. The standard InChI is InChI=1S/C23H27ClN4O3S/c1-6-28-22(16(4)31-19-11-14(2)21(24)15(3)12-19)26-27-23(28)32-13-20(29)25-17-7-9-18(30-5)10-8-17/h7-12,16H,6,13H2,1-5H3,(H,25,29). The molecule has 1 amide bonds. The normalized spacial score (nSPS) is 11.8. The molecule has 0 fully saturated rings. The number of aryl methyl sites for hydroxylation is 2. The highest BCUT2D eigenvalue weighted by atomic mass is 35.5. The molecule has 1 unspecified atom stereocenters. The van der Waals surface area contributed by atoms with E-state index in [1.54, 1.807) is 31.4 Å². The molecule has 0 aliphatic carbocycles. The smallest absolute Gasteiger partial charge is 0.234 e. The summed E-state index contributed by atoms with van der Waals surface area (Å²) in [5.74, 6) is 2.27. The molecule has 3 rings (SSSR count). The van der Waals surface area contributed by atoms with Crippen molar-refractivity contribution >= 4 is 35.0 Å². The maximum absolute atomic E-state index is 12.4. The van der Waals surface area contributed by atoms with E-state index in [-0.39, 0.29) is 17.8 Å². The van der Waals surface area contributed by atoms with Crippen molar-refractivity contribution in [1.29, 1.82) is 0 Å². The van der Waals surface area contributed by atoms with Gasteiger partial charge in [0, 0.05) is 17.3 Å². The van der Waals surface area contributed by atoms with Crippen molar-refractivity contribution in [3.63, 3.8) is 0 Å². The number of thioether (sulfide) groups is 1. The zero-order valence-electron chi connectivity index (χ0n) is 18.8. The van der Waals surface area contributed by atoms with Gasteiger partial charge in [0.2, 0.25) is 5.91 Å². The maximum atomic E-state index is 12.4. The molecule has 170 valence electrons. The Balaban J connectivity index is 1.64. The van der Waals surface area contributed by atoms with Gasteiger partial charge in [0.25, 0.3) is 0 Å². The molecule has 1 atom stereocenters. The average Bonchev–Trinajstić information content (AvgIpc) is 3.19. The fraction of sp³-hybridized carbons (Fsp3) is 0.348. The van der Waals surface area contributed by atoms with Crippen LogP contribution in [-0.2, 0) is 11.3 Å². The summed E-state index contributed by atoms with van der Waals surface area (Å²) in [6, 6.07) is 11.0. The van der Waals surface area contributed by atoms with E-state index in [9.17, 15) is 4.79 Å². The van der Waals surface area contributed by atoms with Gasteiger partial charge in [-0.15, -0.1) is 10.2 Å². The molecule has 0 bridgehead atoms. The number of ether oxygens (including phenoxy) is 2. The number of rotatable bonds is 9. The molecule has 0 saturated heterocycles. The third-order valence-electron chi connectivity index (χ3n) is 4.85. The SMILES string of the molecule is CCn1c(SCC(=O)Nc2ccc(OC)cc2)nnc1C(C)Oc1cc(C)c(Cl)c(C)c1. The largest absolute Gasteiger partial charge is 0.497 e. The van der Waals surface area contributed by atoms with Crippen LogP contribution in [0.25, 0.3) is 0 Å². The van der Waals surface area contributed by atoms with Crippen LogP contribution in [0.15, 0.2) is 41.6 Å². The van der Waals surface area contributed by atoms with Crippen LogP contribution in [0.1, 0.15) is 36.9 Å². The van der Waals surface area contributed by atoms with Gasteiger partial charge in [-0.1, -0.05) is 23.4 Å². The Hall–Kier alpha value is -2.71. The van der Waals surface area contributed by atoms with Crippen molar-refractivity contribution < 1.29 is 14.3 Å². The molecule has 0 aliphatic rings. The zero-order valence-corrected chi connectivity index (χ0v) is 20.4. The lowest BCUT2D eigenvalue weighted by molar-refractivity contribution is -0.113. The molecule has 1 N–H and O–H groups in total. The molecule has 1 aromatic heterocycles. The first kappa shape index (κ1) is 23.9. The number of nitrogens with one attached hydrogen (secondary N) is 1. The van der Waals surface area contributed by atoms with E-state index in [1.165, 1.54) is 11.8 Å². The highest BCUT2D eigenvalue weighted by Crippen LogP contribution is 2.29. The van der Waals surface area contributed by atoms with E-state index in [1.807, 2.05) is 44.4 Å². The molecule has 3 aromatic rings. The lowest BCUT2D eigenvalue weighted by Crippen LogP contribution is -2.15. The van der Waals surface area contributed by atoms with Crippen LogP contribution in [0.4, 0.5) is 5.69 Å². The molecule has 2 aromatic carbocycles. The molecule has 32 heavy (non-hydrogen) atoms. The second-order valence-corrected chi connectivity index (χ2v) is 8.60. The van der Waals surface area contributed by atoms with E-state index in [2.05, 4.69) is 15.5 Å². The summed E-state index contributed by atoms with van der Waals surface area (Å²) >= 11 is 7.59. The Bertz CT molecular complexity index is 1060. The molecule has 0 spiro atoms. The molecule has 1 heterocycles. The summed E-state index contributed by atoms with van der Waals surface area (Å²) in [5, 5.41) is 12.9. The molecule has 0 radical (unpaired) electrons. The summed E-state index contributed by atoms with van der Waals surface area (Å²) in [5.41, 5.74) is 2.64. The predicted molar refractivity (Wildman–Crippen MR) is 128 cm³/mol. The fourth-order valence-corrected chi connectivity index (χ4v) is 4.16. The van der Waals surface area contributed by atoms with Gasteiger partial charge in [-0.25, -0.2) is 0 Å². The van der Waals surface area contributed by atoms with Gasteiger partial charge in [0.1, 0.15) is 11.5 Å². The number of benzene rings is 2. The first-order chi connectivity index (χ1) is 15.3. The first-order valence-corrected chi connectivity index (χ1v) is 11.6. The summed E-state index contributed by atoms with van der Waals surface area (Å²) < 4.78 is 13.2. The summed E-state index contributed by atoms with van der Waals surface area (Å²) in [7, 11) is 1.60. The van der Waals surface area contributed by atoms with Gasteiger partial charge in [-0.2, -0.15) is 0 Å². The van der Waals surface area contributed by atoms with Crippen molar-refractivity contribution in [2.45, 2.75) is 45.5 Å². The van der Waals surface area contributed by atoms with Gasteiger partial charge < -0.3 is 19.4 Å². The molecular weight excluding hydrogens is 448 g/mol. The number of amides is 1. The monoisotopic (exact) mass is 474 g/mol. The Morgan fingerprint density at radius 3 is 2.41 bits per heavy atom. The maximum Gasteiger partial charge on any atom is 0.234 e. The number of carbonyl (C=O) groups excluding carboxylic acids is 1. The first-order valence-electron chi connectivity index (χ1n) is 10.3. The highest BCUT2D eigenvalue weighted by molar-refractivity contribution is 7.99. The number of aromatic nitrogens is 3. The Kier molecular flexibility index (Phi) is 8.04. The number of halogens is 1. The van der Waals surface area contributed by atoms with Crippen molar-refractivity contribution in [1.82, 2.24) is 14.8 Å². The predicted octanol–water partition coefficient (Wildman–Crippen LogP) is 5.45. The van der Waals surface area contributed by atoms with Crippen molar-refractivity contribution in [2.75, 3.05) is 18.2 Å². The fourth-order valence-electron chi connectivity index (χ4n) is 3.24. The third kappa shape index (κ3) is 5.75. The minimum Gasteiger partial charge on any atom is -0.497 e. The van der Waals surface area contributed by atoms with Crippen LogP contribution in [0.3, 0.4) is 0 Å². The van der Waals surface area contributed by atoms with Gasteiger partial charge >= 0.3 is 0 Å². The van der Waals surface area contributed by atoms with E-state index >= 15 is 0 Å². The quantitative estimate of drug-likeness (QED) is 0.415. The Morgan fingerprint density at radius 1 is 1.16 bits per heavy atom. The topological polar surface area (TPSA) is 78.3 Å². The second kappa shape index (κ2) is 10.7. The number of nitrogens with zero attached hydrogens (tertiary/aromatic N) is 3. The van der Waals surface area contributed by atoms with Crippen LogP contribution in [0, 0.1) is 13.8 Å². The van der Waals surface area contributed by atoms with Gasteiger partial charge in [-0.3, -0.25) is 4.79 Å². The molecule has 9 heteroatoms. The van der Waals surface area contributed by atoms with Crippen LogP contribution in [0.5, 0.6) is 11.5 Å². The van der Waals surface area contributed by atoms with E-state index in [0.717, 1.165) is 27.6 Å².